The number of hydrogen-bond donors (Lipinski definition) is 0. The second-order valence-corrected chi connectivity index (χ2v) is 3.83. The predicted octanol–water partition coefficient (Wildman–Crippen LogP) is 3.63. The molecule has 0 N–H and O–H groups in total. The standard InChI is InChI=1S/C16H13N/c1-13(12-17)16(14-8-4-2-5-9-14)15-10-6-3-7-11-15/h2-11,13H,1H2. The van der Waals surface area contributed by atoms with Crippen molar-refractivity contribution < 1.29 is 0 Å². The Labute approximate surface area is 102 Å². The molecule has 2 radical (unpaired) electrons. The maximum atomic E-state index is 9.09. The van der Waals surface area contributed by atoms with Gasteiger partial charge in [0, 0.05) is 0 Å². The molecule has 0 aliphatic heterocycles. The van der Waals surface area contributed by atoms with Crippen LogP contribution in [-0.4, -0.2) is 0 Å². The Morgan fingerprint density at radius 1 is 0.882 bits per heavy atom. The Morgan fingerprint density at radius 3 is 1.65 bits per heavy atom. The van der Waals surface area contributed by atoms with Crippen molar-refractivity contribution in [2.75, 3.05) is 0 Å². The molecule has 1 nitrogen and oxygen atoms in total. The highest BCUT2D eigenvalue weighted by molar-refractivity contribution is 5.48. The first-order chi connectivity index (χ1) is 8.33. The maximum Gasteiger partial charge on any atom is 0.0669 e. The van der Waals surface area contributed by atoms with E-state index in [2.05, 4.69) is 13.0 Å². The van der Waals surface area contributed by atoms with Crippen LogP contribution in [0.15, 0.2) is 60.7 Å². The number of hydrogen-bond acceptors (Lipinski definition) is 1. The van der Waals surface area contributed by atoms with Crippen molar-refractivity contribution in [3.63, 3.8) is 0 Å². The monoisotopic (exact) mass is 219 g/mol. The minimum atomic E-state index is -0.361. The van der Waals surface area contributed by atoms with Crippen LogP contribution in [0, 0.1) is 30.1 Å². The number of benzene rings is 2. The van der Waals surface area contributed by atoms with E-state index in [9.17, 15) is 0 Å². The lowest BCUT2D eigenvalue weighted by Crippen LogP contribution is -2.11. The molecule has 0 aliphatic rings. The third kappa shape index (κ3) is 2.54. The van der Waals surface area contributed by atoms with Crippen LogP contribution in [0.2, 0.25) is 0 Å². The number of nitriles is 1. The lowest BCUT2D eigenvalue weighted by Gasteiger charge is -2.19. The molecule has 0 aromatic heterocycles. The molecule has 1 unspecified atom stereocenters. The fraction of sp³-hybridized carbons (Fsp3) is 0.0625. The zero-order valence-corrected chi connectivity index (χ0v) is 9.51. The first kappa shape index (κ1) is 11.4. The summed E-state index contributed by atoms with van der Waals surface area (Å²) in [5.41, 5.74) is 2.11. The topological polar surface area (TPSA) is 23.8 Å². The van der Waals surface area contributed by atoms with Crippen molar-refractivity contribution in [1.29, 1.82) is 5.26 Å². The fourth-order valence-electron chi connectivity index (χ4n) is 1.87. The summed E-state index contributed by atoms with van der Waals surface area (Å²) in [5.74, 6) is 0.619. The smallest absolute Gasteiger partial charge is 0.0669 e. The SMILES string of the molecule is [CH2]C(C#N)[C](c1ccccc1)c1ccccc1. The van der Waals surface area contributed by atoms with Crippen molar-refractivity contribution in [2.45, 2.75) is 0 Å². The van der Waals surface area contributed by atoms with Gasteiger partial charge >= 0.3 is 0 Å². The van der Waals surface area contributed by atoms with Gasteiger partial charge in [0.2, 0.25) is 0 Å². The maximum absolute atomic E-state index is 9.09. The Balaban J connectivity index is 2.44. The lowest BCUT2D eigenvalue weighted by atomic mass is 9.82. The summed E-state index contributed by atoms with van der Waals surface area (Å²) >= 11 is 0. The summed E-state index contributed by atoms with van der Waals surface area (Å²) in [4.78, 5) is 0. The Morgan fingerprint density at radius 2 is 1.29 bits per heavy atom. The van der Waals surface area contributed by atoms with Gasteiger partial charge in [-0.15, -0.1) is 0 Å². The largest absolute Gasteiger partial charge is 0.198 e. The first-order valence-electron chi connectivity index (χ1n) is 5.53. The quantitative estimate of drug-likeness (QED) is 0.773. The molecular weight excluding hydrogens is 206 g/mol. The molecule has 1 heteroatoms. The van der Waals surface area contributed by atoms with Crippen LogP contribution in [0.5, 0.6) is 0 Å². The summed E-state index contributed by atoms with van der Waals surface area (Å²) in [6.07, 6.45) is 0. The van der Waals surface area contributed by atoms with Crippen LogP contribution in [0.1, 0.15) is 11.1 Å². The van der Waals surface area contributed by atoms with Crippen LogP contribution < -0.4 is 0 Å². The van der Waals surface area contributed by atoms with E-state index in [4.69, 9.17) is 5.26 Å². The molecule has 17 heavy (non-hydrogen) atoms. The summed E-state index contributed by atoms with van der Waals surface area (Å²) in [5, 5.41) is 9.09. The molecule has 0 saturated carbocycles. The van der Waals surface area contributed by atoms with E-state index >= 15 is 0 Å². The van der Waals surface area contributed by atoms with Gasteiger partial charge in [0.05, 0.1) is 17.9 Å². The van der Waals surface area contributed by atoms with Gasteiger partial charge in [0.15, 0.2) is 0 Å². The minimum absolute atomic E-state index is 0.361. The molecule has 2 aromatic rings. The number of rotatable bonds is 3. The minimum Gasteiger partial charge on any atom is -0.198 e. The summed E-state index contributed by atoms with van der Waals surface area (Å²) in [7, 11) is 0. The molecule has 2 rings (SSSR count). The van der Waals surface area contributed by atoms with Crippen molar-refractivity contribution in [3.05, 3.63) is 84.6 Å². The molecule has 0 heterocycles. The molecule has 1 atom stereocenters. The molecule has 0 amide bonds. The summed E-state index contributed by atoms with van der Waals surface area (Å²) < 4.78 is 0. The highest BCUT2D eigenvalue weighted by Gasteiger charge is 2.21. The second kappa shape index (κ2) is 5.32. The highest BCUT2D eigenvalue weighted by atomic mass is 14.3. The van der Waals surface area contributed by atoms with E-state index in [1.165, 1.54) is 0 Å². The van der Waals surface area contributed by atoms with Gasteiger partial charge in [0.1, 0.15) is 0 Å². The van der Waals surface area contributed by atoms with Crippen molar-refractivity contribution in [3.8, 4) is 6.07 Å². The zero-order chi connectivity index (χ0) is 12.1. The third-order valence-corrected chi connectivity index (χ3v) is 2.67. The lowest BCUT2D eigenvalue weighted by molar-refractivity contribution is 0.887. The van der Waals surface area contributed by atoms with Gasteiger partial charge in [-0.05, 0) is 18.1 Å². The van der Waals surface area contributed by atoms with Gasteiger partial charge in [0.25, 0.3) is 0 Å². The van der Waals surface area contributed by atoms with Crippen molar-refractivity contribution >= 4 is 0 Å². The van der Waals surface area contributed by atoms with Crippen LogP contribution in [0.3, 0.4) is 0 Å². The van der Waals surface area contributed by atoms with E-state index in [-0.39, 0.29) is 5.92 Å². The van der Waals surface area contributed by atoms with E-state index in [0.29, 0.717) is 0 Å². The molecule has 82 valence electrons. The van der Waals surface area contributed by atoms with Gasteiger partial charge in [-0.3, -0.25) is 0 Å². The second-order valence-electron chi connectivity index (χ2n) is 3.83. The van der Waals surface area contributed by atoms with E-state index in [1.807, 2.05) is 60.7 Å². The van der Waals surface area contributed by atoms with Gasteiger partial charge in [-0.1, -0.05) is 60.7 Å². The van der Waals surface area contributed by atoms with Gasteiger partial charge < -0.3 is 0 Å². The van der Waals surface area contributed by atoms with E-state index in [1.54, 1.807) is 0 Å². The van der Waals surface area contributed by atoms with Crippen molar-refractivity contribution in [2.24, 2.45) is 5.92 Å². The summed E-state index contributed by atoms with van der Waals surface area (Å²) in [6.45, 7) is 3.91. The molecule has 0 aliphatic carbocycles. The average Bonchev–Trinajstić information content (AvgIpc) is 2.41. The van der Waals surface area contributed by atoms with Crippen LogP contribution >= 0.6 is 0 Å². The molecule has 2 aromatic carbocycles. The summed E-state index contributed by atoms with van der Waals surface area (Å²) in [6, 6.07) is 22.1. The highest BCUT2D eigenvalue weighted by Crippen LogP contribution is 2.29. The predicted molar refractivity (Wildman–Crippen MR) is 68.8 cm³/mol. The molecule has 0 fully saturated rings. The normalized spacial score (nSPS) is 12.1. The van der Waals surface area contributed by atoms with Crippen molar-refractivity contribution in [1.82, 2.24) is 0 Å². The van der Waals surface area contributed by atoms with Gasteiger partial charge in [-0.2, -0.15) is 5.26 Å². The Bertz CT molecular complexity index is 457. The molecular formula is C16H13N. The fourth-order valence-corrected chi connectivity index (χ4v) is 1.87. The zero-order valence-electron chi connectivity index (χ0n) is 9.51. The van der Waals surface area contributed by atoms with E-state index in [0.717, 1.165) is 17.0 Å². The van der Waals surface area contributed by atoms with Crippen LogP contribution in [0.25, 0.3) is 0 Å². The van der Waals surface area contributed by atoms with E-state index < -0.39 is 0 Å². The van der Waals surface area contributed by atoms with Crippen LogP contribution in [0.4, 0.5) is 0 Å². The van der Waals surface area contributed by atoms with Crippen LogP contribution in [-0.2, 0) is 0 Å². The Hall–Kier alpha value is -2.07. The molecule has 0 bridgehead atoms. The Kier molecular flexibility index (Phi) is 3.57. The number of nitrogens with zero attached hydrogens (tertiary/aromatic N) is 1. The average molecular weight is 219 g/mol. The third-order valence-electron chi connectivity index (χ3n) is 2.67. The van der Waals surface area contributed by atoms with Gasteiger partial charge in [-0.25, -0.2) is 0 Å². The first-order valence-corrected chi connectivity index (χ1v) is 5.53. The molecule has 0 spiro atoms. The molecule has 0 saturated heterocycles.